The summed E-state index contributed by atoms with van der Waals surface area (Å²) in [6.45, 7) is 0.101. The Hall–Kier alpha value is -1.13. The zero-order valence-electron chi connectivity index (χ0n) is 6.90. The van der Waals surface area contributed by atoms with Crippen LogP contribution >= 0.6 is 11.3 Å². The van der Waals surface area contributed by atoms with Crippen LogP contribution in [0.15, 0.2) is 17.6 Å². The van der Waals surface area contributed by atoms with Crippen molar-refractivity contribution >= 4 is 21.6 Å². The monoisotopic (exact) mass is 195 g/mol. The van der Waals surface area contributed by atoms with Crippen molar-refractivity contribution in [2.24, 2.45) is 0 Å². The molecule has 3 nitrogen and oxygen atoms in total. The van der Waals surface area contributed by atoms with Gasteiger partial charge in [-0.2, -0.15) is 0 Å². The van der Waals surface area contributed by atoms with Crippen LogP contribution in [-0.2, 0) is 6.42 Å². The number of aliphatic hydroxyl groups is 1. The predicted octanol–water partition coefficient (Wildman–Crippen LogP) is 1.54. The summed E-state index contributed by atoms with van der Waals surface area (Å²) in [6.07, 6.45) is 0.571. The van der Waals surface area contributed by atoms with E-state index in [4.69, 9.17) is 5.11 Å². The number of benzene rings is 1. The number of thiazole rings is 1. The van der Waals surface area contributed by atoms with Crippen LogP contribution in [0.4, 0.5) is 0 Å². The molecule has 0 bridgehead atoms. The molecule has 0 radical (unpaired) electrons. The Morgan fingerprint density at radius 2 is 2.23 bits per heavy atom. The van der Waals surface area contributed by atoms with E-state index in [1.165, 1.54) is 11.3 Å². The van der Waals surface area contributed by atoms with Gasteiger partial charge in [0.05, 0.1) is 10.2 Å². The minimum absolute atomic E-state index is 0.101. The van der Waals surface area contributed by atoms with E-state index >= 15 is 0 Å². The summed E-state index contributed by atoms with van der Waals surface area (Å²) in [4.78, 5) is 4.03. The van der Waals surface area contributed by atoms with Crippen LogP contribution in [-0.4, -0.2) is 21.8 Å². The van der Waals surface area contributed by atoms with E-state index in [1.807, 2.05) is 6.07 Å². The highest BCUT2D eigenvalue weighted by atomic mass is 32.1. The first-order chi connectivity index (χ1) is 6.31. The number of phenols is 1. The van der Waals surface area contributed by atoms with Crippen LogP contribution in [0.5, 0.6) is 5.75 Å². The van der Waals surface area contributed by atoms with Gasteiger partial charge in [0.15, 0.2) is 0 Å². The van der Waals surface area contributed by atoms with Crippen molar-refractivity contribution in [2.75, 3.05) is 6.61 Å². The van der Waals surface area contributed by atoms with Gasteiger partial charge in [0.25, 0.3) is 0 Å². The van der Waals surface area contributed by atoms with Crippen molar-refractivity contribution in [2.45, 2.75) is 6.42 Å². The molecule has 0 aliphatic heterocycles. The quantitative estimate of drug-likeness (QED) is 0.764. The Balaban J connectivity index is 2.56. The SMILES string of the molecule is OCCc1cc(O)c2ncsc2c1. The van der Waals surface area contributed by atoms with Crippen LogP contribution < -0.4 is 0 Å². The molecule has 13 heavy (non-hydrogen) atoms. The summed E-state index contributed by atoms with van der Waals surface area (Å²) in [5.41, 5.74) is 3.29. The Morgan fingerprint density at radius 3 is 3.00 bits per heavy atom. The lowest BCUT2D eigenvalue weighted by Crippen LogP contribution is -1.89. The van der Waals surface area contributed by atoms with Gasteiger partial charge in [0.1, 0.15) is 11.3 Å². The molecule has 0 saturated heterocycles. The van der Waals surface area contributed by atoms with E-state index in [-0.39, 0.29) is 12.4 Å². The fraction of sp³-hybridized carbons (Fsp3) is 0.222. The second-order valence-corrected chi connectivity index (χ2v) is 3.67. The highest BCUT2D eigenvalue weighted by Gasteiger charge is 2.04. The number of rotatable bonds is 2. The van der Waals surface area contributed by atoms with E-state index in [9.17, 15) is 5.11 Å². The van der Waals surface area contributed by atoms with Crippen molar-refractivity contribution in [3.05, 3.63) is 23.2 Å². The van der Waals surface area contributed by atoms with Gasteiger partial charge in [-0.3, -0.25) is 0 Å². The van der Waals surface area contributed by atoms with Crippen LogP contribution in [0.25, 0.3) is 10.2 Å². The molecule has 68 valence electrons. The van der Waals surface area contributed by atoms with Crippen LogP contribution in [0.3, 0.4) is 0 Å². The lowest BCUT2D eigenvalue weighted by Gasteiger charge is -1.99. The fourth-order valence-corrected chi connectivity index (χ4v) is 2.04. The standard InChI is InChI=1S/C9H9NO2S/c11-2-1-6-3-7(12)9-8(4-6)13-5-10-9/h3-5,11-12H,1-2H2. The predicted molar refractivity (Wildman–Crippen MR) is 52.1 cm³/mol. The third kappa shape index (κ3) is 1.50. The zero-order chi connectivity index (χ0) is 9.26. The molecule has 0 amide bonds. The number of nitrogens with zero attached hydrogens (tertiary/aromatic N) is 1. The molecular formula is C9H9NO2S. The molecule has 0 spiro atoms. The largest absolute Gasteiger partial charge is 0.506 e. The van der Waals surface area contributed by atoms with Crippen LogP contribution in [0, 0.1) is 0 Å². The average Bonchev–Trinajstić information content (AvgIpc) is 2.53. The molecule has 0 aliphatic carbocycles. The van der Waals surface area contributed by atoms with E-state index in [0.717, 1.165) is 10.3 Å². The molecule has 4 heteroatoms. The first-order valence-corrected chi connectivity index (χ1v) is 4.85. The van der Waals surface area contributed by atoms with Gasteiger partial charge in [-0.15, -0.1) is 11.3 Å². The molecule has 1 aromatic heterocycles. The summed E-state index contributed by atoms with van der Waals surface area (Å²) >= 11 is 1.49. The number of aliphatic hydroxyl groups excluding tert-OH is 1. The van der Waals surface area contributed by atoms with Crippen molar-refractivity contribution in [1.82, 2.24) is 4.98 Å². The smallest absolute Gasteiger partial charge is 0.142 e. The van der Waals surface area contributed by atoms with Gasteiger partial charge in [-0.25, -0.2) is 4.98 Å². The maximum absolute atomic E-state index is 9.53. The minimum atomic E-state index is 0.101. The maximum Gasteiger partial charge on any atom is 0.142 e. The molecule has 0 unspecified atom stereocenters. The molecule has 0 atom stereocenters. The fourth-order valence-electron chi connectivity index (χ4n) is 1.28. The number of hydrogen-bond acceptors (Lipinski definition) is 4. The Morgan fingerprint density at radius 1 is 1.38 bits per heavy atom. The molecule has 1 aromatic carbocycles. The second-order valence-electron chi connectivity index (χ2n) is 2.79. The minimum Gasteiger partial charge on any atom is -0.506 e. The van der Waals surface area contributed by atoms with Crippen LogP contribution in [0.2, 0.25) is 0 Å². The normalized spacial score (nSPS) is 10.8. The number of hydrogen-bond donors (Lipinski definition) is 2. The maximum atomic E-state index is 9.53. The van der Waals surface area contributed by atoms with Gasteiger partial charge in [0, 0.05) is 6.61 Å². The van der Waals surface area contributed by atoms with E-state index in [0.29, 0.717) is 11.9 Å². The third-order valence-corrected chi connectivity index (χ3v) is 2.65. The number of phenolic OH excluding ortho intramolecular Hbond substituents is 1. The topological polar surface area (TPSA) is 53.4 Å². The molecule has 0 saturated carbocycles. The van der Waals surface area contributed by atoms with E-state index in [2.05, 4.69) is 4.98 Å². The van der Waals surface area contributed by atoms with Gasteiger partial charge < -0.3 is 10.2 Å². The summed E-state index contributed by atoms with van der Waals surface area (Å²) in [7, 11) is 0. The summed E-state index contributed by atoms with van der Waals surface area (Å²) < 4.78 is 0.962. The summed E-state index contributed by atoms with van der Waals surface area (Å²) in [5.74, 6) is 0.196. The van der Waals surface area contributed by atoms with Crippen molar-refractivity contribution in [3.63, 3.8) is 0 Å². The molecule has 2 N–H and O–H groups in total. The molecule has 0 aliphatic rings. The third-order valence-electron chi connectivity index (χ3n) is 1.88. The molecule has 0 fully saturated rings. The van der Waals surface area contributed by atoms with Crippen molar-refractivity contribution in [3.8, 4) is 5.75 Å². The lowest BCUT2D eigenvalue weighted by molar-refractivity contribution is 0.299. The second kappa shape index (κ2) is 3.32. The van der Waals surface area contributed by atoms with Crippen LogP contribution in [0.1, 0.15) is 5.56 Å². The Kier molecular flexibility index (Phi) is 2.16. The van der Waals surface area contributed by atoms with Crippen molar-refractivity contribution in [1.29, 1.82) is 0 Å². The molecular weight excluding hydrogens is 186 g/mol. The summed E-state index contributed by atoms with van der Waals surface area (Å²) in [5, 5.41) is 18.3. The van der Waals surface area contributed by atoms with Gasteiger partial charge in [-0.1, -0.05) is 0 Å². The number of fused-ring (bicyclic) bond motifs is 1. The Labute approximate surface area is 79.3 Å². The molecule has 1 heterocycles. The summed E-state index contributed by atoms with van der Waals surface area (Å²) in [6, 6.07) is 3.60. The van der Waals surface area contributed by atoms with Gasteiger partial charge in [0.2, 0.25) is 0 Å². The zero-order valence-corrected chi connectivity index (χ0v) is 7.71. The average molecular weight is 195 g/mol. The highest BCUT2D eigenvalue weighted by molar-refractivity contribution is 7.16. The molecule has 2 rings (SSSR count). The van der Waals surface area contributed by atoms with Crippen molar-refractivity contribution < 1.29 is 10.2 Å². The molecule has 2 aromatic rings. The van der Waals surface area contributed by atoms with E-state index in [1.54, 1.807) is 11.6 Å². The van der Waals surface area contributed by atoms with Gasteiger partial charge >= 0.3 is 0 Å². The van der Waals surface area contributed by atoms with Gasteiger partial charge in [-0.05, 0) is 24.1 Å². The first-order valence-electron chi connectivity index (χ1n) is 3.97. The Bertz CT molecular complexity index is 424. The first kappa shape index (κ1) is 8.47. The lowest BCUT2D eigenvalue weighted by atomic mass is 10.1. The van der Waals surface area contributed by atoms with E-state index < -0.39 is 0 Å². The number of aromatic hydroxyl groups is 1. The number of aromatic nitrogens is 1. The highest BCUT2D eigenvalue weighted by Crippen LogP contribution is 2.28.